The van der Waals surface area contributed by atoms with Gasteiger partial charge in [-0.3, -0.25) is 29.1 Å². The molecule has 1 aromatic carbocycles. The number of ketones is 1. The fraction of sp³-hybridized carbons (Fsp3) is 0.394. The highest BCUT2D eigenvalue weighted by molar-refractivity contribution is 6.09. The number of aromatic nitrogens is 1. The first kappa shape index (κ1) is 32.3. The van der Waals surface area contributed by atoms with E-state index in [1.54, 1.807) is 59.9 Å². The molecule has 9 heteroatoms. The first-order valence-corrected chi connectivity index (χ1v) is 14.4. The lowest BCUT2D eigenvalue weighted by molar-refractivity contribution is -0.144. The maximum Gasteiger partial charge on any atom is 0.248 e. The zero-order valence-electron chi connectivity index (χ0n) is 24.4. The molecule has 5 rings (SSSR count). The van der Waals surface area contributed by atoms with E-state index in [1.807, 2.05) is 18.0 Å². The number of nitrogens with one attached hydrogen (secondary N) is 1. The molecule has 3 aliphatic rings. The van der Waals surface area contributed by atoms with Gasteiger partial charge in [0.1, 0.15) is 18.2 Å². The van der Waals surface area contributed by atoms with Crippen LogP contribution in [0.15, 0.2) is 79.2 Å². The van der Waals surface area contributed by atoms with E-state index in [1.165, 1.54) is 32.1 Å². The van der Waals surface area contributed by atoms with Crippen molar-refractivity contribution >= 4 is 29.7 Å². The molecule has 9 nitrogen and oxygen atoms in total. The number of carbonyl (C=O) groups is 4. The van der Waals surface area contributed by atoms with Gasteiger partial charge in [-0.15, -0.1) is 13.2 Å². The second kappa shape index (κ2) is 16.9. The molecule has 1 saturated carbocycles. The smallest absolute Gasteiger partial charge is 0.248 e. The van der Waals surface area contributed by atoms with E-state index in [0.717, 1.165) is 19.3 Å². The van der Waals surface area contributed by atoms with E-state index in [-0.39, 0.29) is 23.6 Å². The Kier molecular flexibility index (Phi) is 13.0. The van der Waals surface area contributed by atoms with E-state index >= 15 is 0 Å². The molecule has 2 fully saturated rings. The number of pyridine rings is 1. The van der Waals surface area contributed by atoms with Crippen molar-refractivity contribution < 1.29 is 19.2 Å². The largest absolute Gasteiger partial charge is 0.328 e. The molecule has 1 aliphatic carbocycles. The molecule has 0 spiro atoms. The molecule has 2 amide bonds. The summed E-state index contributed by atoms with van der Waals surface area (Å²) in [5.41, 5.74) is 1.58. The normalized spacial score (nSPS) is 17.6. The van der Waals surface area contributed by atoms with Crippen LogP contribution >= 0.6 is 0 Å². The second-order valence-electron chi connectivity index (χ2n) is 10.5. The van der Waals surface area contributed by atoms with Crippen LogP contribution in [0.2, 0.25) is 0 Å². The van der Waals surface area contributed by atoms with Crippen LogP contribution in [-0.4, -0.2) is 77.2 Å². The fourth-order valence-corrected chi connectivity index (χ4v) is 5.34. The first-order valence-electron chi connectivity index (χ1n) is 14.4. The van der Waals surface area contributed by atoms with Crippen LogP contribution in [0.4, 0.5) is 0 Å². The number of aliphatic imine (C=N–C) groups is 1. The Morgan fingerprint density at radius 2 is 1.81 bits per heavy atom. The maximum absolute atomic E-state index is 12.9. The molecule has 3 heterocycles. The minimum absolute atomic E-state index is 0.0613. The Balaban J connectivity index is 0.000000234. The van der Waals surface area contributed by atoms with E-state index in [2.05, 4.69) is 28.5 Å². The quantitative estimate of drug-likeness (QED) is 0.298. The molecule has 2 aromatic rings. The van der Waals surface area contributed by atoms with Crippen LogP contribution < -0.4 is 5.32 Å². The molecule has 42 heavy (non-hydrogen) atoms. The van der Waals surface area contributed by atoms with E-state index in [9.17, 15) is 19.2 Å². The summed E-state index contributed by atoms with van der Waals surface area (Å²) in [5.74, 6) is 1.12. The van der Waals surface area contributed by atoms with E-state index < -0.39 is 0 Å². The topological polar surface area (TPSA) is 112 Å². The molecule has 1 saturated heterocycles. The monoisotopic (exact) mass is 571 g/mol. The van der Waals surface area contributed by atoms with Gasteiger partial charge >= 0.3 is 0 Å². The number of carbonyl (C=O) groups excluding carboxylic acids is 4. The molecule has 222 valence electrons. The van der Waals surface area contributed by atoms with Crippen molar-refractivity contribution in [2.24, 2.45) is 10.9 Å². The fourth-order valence-electron chi connectivity index (χ4n) is 5.34. The number of aldehydes is 1. The average Bonchev–Trinajstić information content (AvgIpc) is 3.55. The van der Waals surface area contributed by atoms with Gasteiger partial charge in [-0.25, -0.2) is 4.99 Å². The Bertz CT molecular complexity index is 1270. The second-order valence-corrected chi connectivity index (χ2v) is 10.5. The maximum atomic E-state index is 12.9. The lowest BCUT2D eigenvalue weighted by Gasteiger charge is -2.38. The molecule has 2 aliphatic heterocycles. The third kappa shape index (κ3) is 9.41. The molecule has 1 atom stereocenters. The molecule has 0 bridgehead atoms. The van der Waals surface area contributed by atoms with Gasteiger partial charge in [-0.05, 0) is 37.6 Å². The number of nitrogens with zero attached hydrogens (tertiary/aromatic N) is 4. The van der Waals surface area contributed by atoms with Gasteiger partial charge in [0.2, 0.25) is 11.8 Å². The molecule has 1 aromatic heterocycles. The average molecular weight is 572 g/mol. The van der Waals surface area contributed by atoms with Gasteiger partial charge in [0, 0.05) is 54.8 Å². The highest BCUT2D eigenvalue weighted by Gasteiger charge is 2.35. The Hall–Kier alpha value is -4.24. The number of amidine groups is 1. The predicted molar refractivity (Wildman–Crippen MR) is 164 cm³/mol. The highest BCUT2D eigenvalue weighted by atomic mass is 16.2. The number of piperazine rings is 1. The van der Waals surface area contributed by atoms with Crippen LogP contribution in [0.1, 0.15) is 71.2 Å². The van der Waals surface area contributed by atoms with Crippen molar-refractivity contribution in [2.45, 2.75) is 51.0 Å². The Morgan fingerprint density at radius 3 is 2.45 bits per heavy atom. The van der Waals surface area contributed by atoms with Gasteiger partial charge in [0.15, 0.2) is 5.78 Å². The zero-order valence-corrected chi connectivity index (χ0v) is 24.4. The van der Waals surface area contributed by atoms with Crippen molar-refractivity contribution in [3.63, 3.8) is 0 Å². The van der Waals surface area contributed by atoms with Crippen LogP contribution in [0.3, 0.4) is 0 Å². The predicted octanol–water partition coefficient (Wildman–Crippen LogP) is 4.46. The molecule has 0 unspecified atom stereocenters. The van der Waals surface area contributed by atoms with Crippen LogP contribution in [0.25, 0.3) is 0 Å². The lowest BCUT2D eigenvalue weighted by atomic mass is 9.84. The molecular formula is C33H41N5O4. The van der Waals surface area contributed by atoms with Crippen molar-refractivity contribution in [1.82, 2.24) is 20.1 Å². The molecule has 0 radical (unpaired) electrons. The summed E-state index contributed by atoms with van der Waals surface area (Å²) in [6.45, 7) is 7.85. The minimum Gasteiger partial charge on any atom is -0.328 e. The van der Waals surface area contributed by atoms with Crippen molar-refractivity contribution in [3.8, 4) is 0 Å². The third-order valence-electron chi connectivity index (χ3n) is 7.55. The summed E-state index contributed by atoms with van der Waals surface area (Å²) in [7, 11) is 1.95. The number of likely N-dealkylation sites (N-methyl/N-ethyl adjacent to an activating group) is 1. The Labute approximate surface area is 248 Å². The minimum atomic E-state index is -0.363. The molecule has 1 N–H and O–H groups in total. The SMILES string of the molecule is C=C.CN1CCN([C@@H](CC2CCCCC2)C(=O)NC2=NC=CC2)C(=O)C1.O=Cc1cccc(C(=O)c2ccncc2)c1. The van der Waals surface area contributed by atoms with E-state index in [0.29, 0.717) is 48.0 Å². The van der Waals surface area contributed by atoms with Gasteiger partial charge < -0.3 is 10.2 Å². The summed E-state index contributed by atoms with van der Waals surface area (Å²) in [6, 6.07) is 9.56. The van der Waals surface area contributed by atoms with Gasteiger partial charge in [0.05, 0.1) is 6.54 Å². The van der Waals surface area contributed by atoms with Gasteiger partial charge in [0.25, 0.3) is 0 Å². The number of hydrogen-bond donors (Lipinski definition) is 1. The van der Waals surface area contributed by atoms with Crippen molar-refractivity contribution in [1.29, 1.82) is 0 Å². The third-order valence-corrected chi connectivity index (χ3v) is 7.55. The summed E-state index contributed by atoms with van der Waals surface area (Å²) in [6.07, 6.45) is 15.1. The van der Waals surface area contributed by atoms with Gasteiger partial charge in [-0.2, -0.15) is 0 Å². The zero-order chi connectivity index (χ0) is 30.3. The summed E-state index contributed by atoms with van der Waals surface area (Å²) in [5, 5.41) is 2.94. The Morgan fingerprint density at radius 1 is 1.07 bits per heavy atom. The summed E-state index contributed by atoms with van der Waals surface area (Å²) < 4.78 is 0. The lowest BCUT2D eigenvalue weighted by Crippen LogP contribution is -2.58. The first-order chi connectivity index (χ1) is 20.4. The summed E-state index contributed by atoms with van der Waals surface area (Å²) >= 11 is 0. The molecular weight excluding hydrogens is 530 g/mol. The van der Waals surface area contributed by atoms with Crippen LogP contribution in [0, 0.1) is 5.92 Å². The summed E-state index contributed by atoms with van der Waals surface area (Å²) in [4.78, 5) is 59.8. The van der Waals surface area contributed by atoms with Crippen molar-refractivity contribution in [3.05, 3.63) is 90.9 Å². The number of benzene rings is 1. The highest BCUT2D eigenvalue weighted by Crippen LogP contribution is 2.29. The standard InChI is InChI=1S/C18H28N4O2.C13H9NO2.C2H4/c1-21-10-11-22(17(23)13-21)15(12-14-6-3-2-4-7-14)18(24)20-16-8-5-9-19-16;15-9-10-2-1-3-12(8-10)13(16)11-4-6-14-7-5-11;1-2/h5,9,14-15H,2-4,6-8,10-13H2,1H3,(H,19,20,24);1-9H;1-2H2/t15-;;/m0../s1. The number of rotatable bonds is 7. The van der Waals surface area contributed by atoms with Crippen LogP contribution in [0.5, 0.6) is 0 Å². The van der Waals surface area contributed by atoms with Crippen LogP contribution in [-0.2, 0) is 9.59 Å². The van der Waals surface area contributed by atoms with E-state index in [4.69, 9.17) is 0 Å². The number of hydrogen-bond acceptors (Lipinski definition) is 7. The number of amides is 2. The van der Waals surface area contributed by atoms with Crippen molar-refractivity contribution in [2.75, 3.05) is 26.7 Å². The van der Waals surface area contributed by atoms with Gasteiger partial charge in [-0.1, -0.05) is 56.4 Å².